The summed E-state index contributed by atoms with van der Waals surface area (Å²) in [6, 6.07) is 15.0. The lowest BCUT2D eigenvalue weighted by molar-refractivity contribution is 0.285. The van der Waals surface area contributed by atoms with Crippen molar-refractivity contribution in [3.05, 3.63) is 66.5 Å². The summed E-state index contributed by atoms with van der Waals surface area (Å²) in [5.74, 6) is 1.24. The predicted molar refractivity (Wildman–Crippen MR) is 95.2 cm³/mol. The van der Waals surface area contributed by atoms with E-state index >= 15 is 0 Å². The SMILES string of the molecule is COc1cccc(-c2nccn2S(C)(=O)=O)c1OCc1ccccc1. The van der Waals surface area contributed by atoms with Gasteiger partial charge in [-0.3, -0.25) is 0 Å². The van der Waals surface area contributed by atoms with Gasteiger partial charge in [-0.1, -0.05) is 36.4 Å². The maximum Gasteiger partial charge on any atom is 0.237 e. The third-order valence-corrected chi connectivity index (χ3v) is 4.64. The number of methoxy groups -OCH3 is 1. The van der Waals surface area contributed by atoms with E-state index in [2.05, 4.69) is 4.98 Å². The lowest BCUT2D eigenvalue weighted by Crippen LogP contribution is -2.11. The largest absolute Gasteiger partial charge is 0.493 e. The van der Waals surface area contributed by atoms with Gasteiger partial charge in [0.2, 0.25) is 10.0 Å². The number of aromatic nitrogens is 2. The lowest BCUT2D eigenvalue weighted by atomic mass is 10.1. The minimum Gasteiger partial charge on any atom is -0.493 e. The molecule has 0 fully saturated rings. The number of hydrogen-bond donors (Lipinski definition) is 0. The molecule has 1 aromatic heterocycles. The Morgan fingerprint density at radius 3 is 2.52 bits per heavy atom. The van der Waals surface area contributed by atoms with Gasteiger partial charge in [0.15, 0.2) is 17.3 Å². The highest BCUT2D eigenvalue weighted by molar-refractivity contribution is 7.89. The lowest BCUT2D eigenvalue weighted by Gasteiger charge is -2.15. The Balaban J connectivity index is 2.05. The second kappa shape index (κ2) is 6.98. The van der Waals surface area contributed by atoms with Crippen molar-refractivity contribution >= 4 is 10.0 Å². The monoisotopic (exact) mass is 358 g/mol. The standard InChI is InChI=1S/C18H18N2O4S/c1-23-16-10-6-9-15(18-19-11-12-20(18)25(2,21)22)17(16)24-13-14-7-4-3-5-8-14/h3-12H,13H2,1-2H3. The minimum atomic E-state index is -3.48. The van der Waals surface area contributed by atoms with Crippen LogP contribution in [0.2, 0.25) is 0 Å². The third-order valence-electron chi connectivity index (χ3n) is 3.63. The maximum atomic E-state index is 12.0. The van der Waals surface area contributed by atoms with Crippen molar-refractivity contribution in [1.29, 1.82) is 0 Å². The first kappa shape index (κ1) is 17.0. The molecule has 0 atom stereocenters. The summed E-state index contributed by atoms with van der Waals surface area (Å²) >= 11 is 0. The molecule has 0 bridgehead atoms. The van der Waals surface area contributed by atoms with Gasteiger partial charge in [-0.25, -0.2) is 17.4 Å². The Kier molecular flexibility index (Phi) is 4.76. The highest BCUT2D eigenvalue weighted by Gasteiger charge is 2.20. The molecule has 6 nitrogen and oxygen atoms in total. The van der Waals surface area contributed by atoms with Gasteiger partial charge in [0.1, 0.15) is 6.61 Å². The molecule has 2 aromatic carbocycles. The van der Waals surface area contributed by atoms with Crippen LogP contribution in [0.5, 0.6) is 11.5 Å². The molecule has 0 aliphatic heterocycles. The summed E-state index contributed by atoms with van der Waals surface area (Å²) < 4.78 is 36.4. The molecule has 0 amide bonds. The summed E-state index contributed by atoms with van der Waals surface area (Å²) in [7, 11) is -1.94. The zero-order chi connectivity index (χ0) is 17.9. The molecule has 3 aromatic rings. The fourth-order valence-corrected chi connectivity index (χ4v) is 3.21. The van der Waals surface area contributed by atoms with Crippen LogP contribution >= 0.6 is 0 Å². The number of benzene rings is 2. The van der Waals surface area contributed by atoms with E-state index in [-0.39, 0.29) is 5.82 Å². The van der Waals surface area contributed by atoms with Crippen molar-refractivity contribution in [1.82, 2.24) is 8.96 Å². The highest BCUT2D eigenvalue weighted by atomic mass is 32.2. The average Bonchev–Trinajstić information content (AvgIpc) is 3.10. The molecule has 0 N–H and O–H groups in total. The summed E-state index contributed by atoms with van der Waals surface area (Å²) in [6.45, 7) is 0.327. The van der Waals surface area contributed by atoms with E-state index in [1.165, 1.54) is 19.5 Å². The smallest absolute Gasteiger partial charge is 0.237 e. The first-order valence-corrected chi connectivity index (χ1v) is 9.43. The molecule has 0 saturated carbocycles. The first-order valence-electron chi connectivity index (χ1n) is 7.58. The van der Waals surface area contributed by atoms with Gasteiger partial charge in [0, 0.05) is 12.4 Å². The van der Waals surface area contributed by atoms with Gasteiger partial charge < -0.3 is 9.47 Å². The quantitative estimate of drug-likeness (QED) is 0.677. The van der Waals surface area contributed by atoms with E-state index < -0.39 is 10.0 Å². The number of hydrogen-bond acceptors (Lipinski definition) is 5. The third kappa shape index (κ3) is 3.66. The van der Waals surface area contributed by atoms with Crippen molar-refractivity contribution in [3.8, 4) is 22.9 Å². The second-order valence-electron chi connectivity index (χ2n) is 5.42. The van der Waals surface area contributed by atoms with Gasteiger partial charge in [0.25, 0.3) is 0 Å². The molecule has 0 saturated heterocycles. The molecule has 0 aliphatic rings. The predicted octanol–water partition coefficient (Wildman–Crippen LogP) is 2.95. The Labute approximate surface area is 146 Å². The fraction of sp³-hybridized carbons (Fsp3) is 0.167. The fourth-order valence-electron chi connectivity index (χ4n) is 2.48. The van der Waals surface area contributed by atoms with Crippen molar-refractivity contribution < 1.29 is 17.9 Å². The van der Waals surface area contributed by atoms with Gasteiger partial charge in [-0.2, -0.15) is 0 Å². The molecule has 0 radical (unpaired) electrons. The van der Waals surface area contributed by atoms with Crippen LogP contribution in [0.1, 0.15) is 5.56 Å². The number of rotatable bonds is 6. The summed E-state index contributed by atoms with van der Waals surface area (Å²) in [4.78, 5) is 4.19. The maximum absolute atomic E-state index is 12.0. The van der Waals surface area contributed by atoms with Crippen molar-refractivity contribution in [2.24, 2.45) is 0 Å². The van der Waals surface area contributed by atoms with E-state index in [9.17, 15) is 8.42 Å². The number of imidazole rings is 1. The van der Waals surface area contributed by atoms with Crippen LogP contribution in [0.15, 0.2) is 60.9 Å². The zero-order valence-electron chi connectivity index (χ0n) is 13.9. The van der Waals surface area contributed by atoms with Crippen molar-refractivity contribution in [2.75, 3.05) is 13.4 Å². The molecule has 0 unspecified atom stereocenters. The van der Waals surface area contributed by atoms with Crippen LogP contribution in [0, 0.1) is 0 Å². The summed E-state index contributed by atoms with van der Waals surface area (Å²) in [5.41, 5.74) is 1.54. The Hall–Kier alpha value is -2.80. The number of nitrogens with zero attached hydrogens (tertiary/aromatic N) is 2. The average molecular weight is 358 g/mol. The van der Waals surface area contributed by atoms with E-state index in [0.29, 0.717) is 23.7 Å². The summed E-state index contributed by atoms with van der Waals surface area (Å²) in [6.07, 6.45) is 3.98. The molecular formula is C18H18N2O4S. The van der Waals surface area contributed by atoms with Gasteiger partial charge in [-0.05, 0) is 17.7 Å². The zero-order valence-corrected chi connectivity index (χ0v) is 14.7. The van der Waals surface area contributed by atoms with Crippen molar-refractivity contribution in [3.63, 3.8) is 0 Å². The molecule has 3 rings (SSSR count). The van der Waals surface area contributed by atoms with Gasteiger partial charge >= 0.3 is 0 Å². The topological polar surface area (TPSA) is 70.4 Å². The normalized spacial score (nSPS) is 11.3. The molecule has 1 heterocycles. The number of ether oxygens (including phenoxy) is 2. The van der Waals surface area contributed by atoms with Gasteiger partial charge in [-0.15, -0.1) is 0 Å². The number of para-hydroxylation sites is 1. The van der Waals surface area contributed by atoms with Crippen LogP contribution in [-0.4, -0.2) is 30.7 Å². The molecule has 7 heteroatoms. The molecule has 25 heavy (non-hydrogen) atoms. The molecule has 0 spiro atoms. The van der Waals surface area contributed by atoms with E-state index in [0.717, 1.165) is 15.8 Å². The molecule has 0 aliphatic carbocycles. The van der Waals surface area contributed by atoms with Crippen LogP contribution in [0.3, 0.4) is 0 Å². The minimum absolute atomic E-state index is 0.282. The van der Waals surface area contributed by atoms with Crippen LogP contribution in [0.4, 0.5) is 0 Å². The van der Waals surface area contributed by atoms with Gasteiger partial charge in [0.05, 0.1) is 18.9 Å². The highest BCUT2D eigenvalue weighted by Crippen LogP contribution is 2.38. The van der Waals surface area contributed by atoms with Crippen LogP contribution in [-0.2, 0) is 16.6 Å². The van der Waals surface area contributed by atoms with E-state index in [1.807, 2.05) is 30.3 Å². The Morgan fingerprint density at radius 2 is 1.84 bits per heavy atom. The Bertz CT molecular complexity index is 966. The molecule has 130 valence electrons. The summed E-state index contributed by atoms with van der Waals surface area (Å²) in [5, 5.41) is 0. The molecular weight excluding hydrogens is 340 g/mol. The Morgan fingerprint density at radius 1 is 1.08 bits per heavy atom. The van der Waals surface area contributed by atoms with E-state index in [1.54, 1.807) is 18.2 Å². The first-order chi connectivity index (χ1) is 12.0. The van der Waals surface area contributed by atoms with E-state index in [4.69, 9.17) is 9.47 Å². The second-order valence-corrected chi connectivity index (χ2v) is 7.28. The van der Waals surface area contributed by atoms with Crippen molar-refractivity contribution in [2.45, 2.75) is 6.61 Å². The van der Waals surface area contributed by atoms with Crippen LogP contribution in [0.25, 0.3) is 11.4 Å². The van der Waals surface area contributed by atoms with Crippen LogP contribution < -0.4 is 9.47 Å².